The Morgan fingerprint density at radius 1 is 1.52 bits per heavy atom. The molecule has 0 bridgehead atoms. The quantitative estimate of drug-likeness (QED) is 0.635. The van der Waals surface area contributed by atoms with Crippen molar-refractivity contribution in [3.05, 3.63) is 45.8 Å². The van der Waals surface area contributed by atoms with E-state index in [9.17, 15) is 24.4 Å². The van der Waals surface area contributed by atoms with Crippen LogP contribution < -0.4 is 0 Å². The van der Waals surface area contributed by atoms with Gasteiger partial charge in [-0.1, -0.05) is 12.1 Å². The molecule has 9 heteroatoms. The van der Waals surface area contributed by atoms with Gasteiger partial charge in [-0.05, 0) is 32.9 Å². The highest BCUT2D eigenvalue weighted by Crippen LogP contribution is 2.24. The highest BCUT2D eigenvalue weighted by atomic mass is 19.1. The number of ether oxygens (including phenoxy) is 2. The van der Waals surface area contributed by atoms with Crippen LogP contribution in [0.4, 0.5) is 14.9 Å². The number of halogens is 1. The summed E-state index contributed by atoms with van der Waals surface area (Å²) in [7, 11) is 0. The number of carbonyl (C=O) groups is 1. The molecule has 1 amide bonds. The largest absolute Gasteiger partial charge is 0.444 e. The lowest BCUT2D eigenvalue weighted by Gasteiger charge is -2.38. The number of morpholine rings is 1. The van der Waals surface area contributed by atoms with Gasteiger partial charge in [-0.3, -0.25) is 15.0 Å². The molecule has 8 nitrogen and oxygen atoms in total. The topological polar surface area (TPSA) is 102 Å². The Kier molecular flexibility index (Phi) is 6.50. The summed E-state index contributed by atoms with van der Waals surface area (Å²) in [6, 6.07) is 3.03. The van der Waals surface area contributed by atoms with Crippen molar-refractivity contribution in [1.29, 1.82) is 0 Å². The van der Waals surface area contributed by atoms with E-state index in [-0.39, 0.29) is 31.0 Å². The van der Waals surface area contributed by atoms with Gasteiger partial charge in [0.15, 0.2) is 0 Å². The first-order chi connectivity index (χ1) is 12.6. The molecule has 2 rings (SSSR count). The van der Waals surface area contributed by atoms with Gasteiger partial charge in [-0.15, -0.1) is 0 Å². The van der Waals surface area contributed by atoms with E-state index in [4.69, 9.17) is 9.47 Å². The summed E-state index contributed by atoms with van der Waals surface area (Å²) in [5.74, 6) is -0.728. The van der Waals surface area contributed by atoms with Crippen LogP contribution in [0.1, 0.15) is 26.3 Å². The Bertz CT molecular complexity index is 731. The van der Waals surface area contributed by atoms with Gasteiger partial charge in [0.2, 0.25) is 0 Å². The van der Waals surface area contributed by atoms with Gasteiger partial charge >= 0.3 is 6.09 Å². The maximum absolute atomic E-state index is 14.0. The molecule has 1 aromatic carbocycles. The summed E-state index contributed by atoms with van der Waals surface area (Å²) in [5, 5.41) is 20.5. The van der Waals surface area contributed by atoms with Gasteiger partial charge in [0.1, 0.15) is 11.4 Å². The van der Waals surface area contributed by atoms with Crippen molar-refractivity contribution in [3.8, 4) is 0 Å². The number of rotatable bonds is 4. The molecule has 1 aromatic rings. The SMILES string of the molecule is CC(C)(C)OC(=O)N1CC(C=Cc2c(F)cccc2[N+](=O)[O-])OCC1CO. The average Bonchev–Trinajstić information content (AvgIpc) is 2.58. The van der Waals surface area contributed by atoms with Gasteiger partial charge < -0.3 is 14.6 Å². The first-order valence-corrected chi connectivity index (χ1v) is 8.45. The summed E-state index contributed by atoms with van der Waals surface area (Å²) in [4.78, 5) is 24.1. The summed E-state index contributed by atoms with van der Waals surface area (Å²) in [6.07, 6.45) is 1.50. The van der Waals surface area contributed by atoms with Gasteiger partial charge in [0, 0.05) is 6.07 Å². The Labute approximate surface area is 156 Å². The smallest absolute Gasteiger partial charge is 0.410 e. The van der Waals surface area contributed by atoms with Crippen LogP contribution in [-0.4, -0.2) is 58.5 Å². The fraction of sp³-hybridized carbons (Fsp3) is 0.500. The van der Waals surface area contributed by atoms with E-state index in [1.54, 1.807) is 20.8 Å². The molecule has 1 heterocycles. The van der Waals surface area contributed by atoms with E-state index >= 15 is 0 Å². The normalized spacial score (nSPS) is 20.7. The van der Waals surface area contributed by atoms with Crippen LogP contribution in [0.25, 0.3) is 6.08 Å². The van der Waals surface area contributed by atoms with Crippen LogP contribution >= 0.6 is 0 Å². The molecule has 1 fully saturated rings. The first-order valence-electron chi connectivity index (χ1n) is 8.45. The Morgan fingerprint density at radius 3 is 2.81 bits per heavy atom. The zero-order valence-corrected chi connectivity index (χ0v) is 15.4. The minimum absolute atomic E-state index is 0.0596. The molecule has 2 unspecified atom stereocenters. The zero-order valence-electron chi connectivity index (χ0n) is 15.4. The second kappa shape index (κ2) is 8.45. The Balaban J connectivity index is 2.18. The zero-order chi connectivity index (χ0) is 20.2. The summed E-state index contributed by atoms with van der Waals surface area (Å²) in [5.41, 5.74) is -1.23. The lowest BCUT2D eigenvalue weighted by atomic mass is 10.1. The van der Waals surface area contributed by atoms with Crippen LogP contribution in [0.5, 0.6) is 0 Å². The number of nitro benzene ring substituents is 1. The summed E-state index contributed by atoms with van der Waals surface area (Å²) >= 11 is 0. The van der Waals surface area contributed by atoms with Crippen molar-refractivity contribution in [3.63, 3.8) is 0 Å². The summed E-state index contributed by atoms with van der Waals surface area (Å²) < 4.78 is 24.9. The molecule has 0 aliphatic carbocycles. The minimum Gasteiger partial charge on any atom is -0.444 e. The van der Waals surface area contributed by atoms with Gasteiger partial charge in [-0.2, -0.15) is 0 Å². The van der Waals surface area contributed by atoms with E-state index in [1.807, 2.05) is 0 Å². The molecule has 27 heavy (non-hydrogen) atoms. The molecule has 0 radical (unpaired) electrons. The van der Waals surface area contributed by atoms with Crippen molar-refractivity contribution in [2.45, 2.75) is 38.5 Å². The third kappa shape index (κ3) is 5.48. The monoisotopic (exact) mass is 382 g/mol. The maximum atomic E-state index is 14.0. The molecular weight excluding hydrogens is 359 g/mol. The number of aliphatic hydroxyl groups is 1. The molecule has 0 aromatic heterocycles. The number of amides is 1. The predicted octanol–water partition coefficient (Wildman–Crippen LogP) is 2.74. The standard InChI is InChI=1S/C18H23FN2O6/c1-18(2,3)27-17(23)20-9-13(26-11-12(20)10-22)7-8-14-15(19)5-4-6-16(14)21(24)25/h4-8,12-13,22H,9-11H2,1-3H3. The van der Waals surface area contributed by atoms with Crippen molar-refractivity contribution in [2.24, 2.45) is 0 Å². The number of nitrogens with zero attached hydrogens (tertiary/aromatic N) is 2. The molecule has 0 saturated carbocycles. The molecule has 1 aliphatic rings. The third-order valence-electron chi connectivity index (χ3n) is 3.86. The molecule has 2 atom stereocenters. The van der Waals surface area contributed by atoms with Crippen molar-refractivity contribution >= 4 is 17.9 Å². The maximum Gasteiger partial charge on any atom is 0.410 e. The van der Waals surface area contributed by atoms with E-state index in [0.717, 1.165) is 6.07 Å². The highest BCUT2D eigenvalue weighted by Gasteiger charge is 2.34. The molecule has 1 saturated heterocycles. The van der Waals surface area contributed by atoms with Gasteiger partial charge in [0.05, 0.1) is 42.4 Å². The van der Waals surface area contributed by atoms with Crippen LogP contribution in [0.3, 0.4) is 0 Å². The van der Waals surface area contributed by atoms with Gasteiger partial charge in [-0.25, -0.2) is 9.18 Å². The lowest BCUT2D eigenvalue weighted by molar-refractivity contribution is -0.385. The van der Waals surface area contributed by atoms with E-state index < -0.39 is 34.6 Å². The van der Waals surface area contributed by atoms with Crippen molar-refractivity contribution in [2.75, 3.05) is 19.8 Å². The number of benzene rings is 1. The van der Waals surface area contributed by atoms with Crippen LogP contribution in [0.2, 0.25) is 0 Å². The van der Waals surface area contributed by atoms with Crippen molar-refractivity contribution < 1.29 is 28.7 Å². The van der Waals surface area contributed by atoms with Crippen LogP contribution in [0.15, 0.2) is 24.3 Å². The highest BCUT2D eigenvalue weighted by molar-refractivity contribution is 5.69. The average molecular weight is 382 g/mol. The van der Waals surface area contributed by atoms with E-state index in [0.29, 0.717) is 0 Å². The lowest BCUT2D eigenvalue weighted by Crippen LogP contribution is -2.54. The predicted molar refractivity (Wildman–Crippen MR) is 95.6 cm³/mol. The number of hydrogen-bond donors (Lipinski definition) is 1. The van der Waals surface area contributed by atoms with Crippen LogP contribution in [0, 0.1) is 15.9 Å². The second-order valence-corrected chi connectivity index (χ2v) is 7.13. The van der Waals surface area contributed by atoms with E-state index in [2.05, 4.69) is 0 Å². The molecule has 148 valence electrons. The van der Waals surface area contributed by atoms with Gasteiger partial charge in [0.25, 0.3) is 5.69 Å². The summed E-state index contributed by atoms with van der Waals surface area (Å²) in [6.45, 7) is 5.02. The fourth-order valence-electron chi connectivity index (χ4n) is 2.59. The second-order valence-electron chi connectivity index (χ2n) is 7.13. The van der Waals surface area contributed by atoms with E-state index in [1.165, 1.54) is 29.2 Å². The Hall–Kier alpha value is -2.52. The molecular formula is C18H23FN2O6. The number of aliphatic hydroxyl groups excluding tert-OH is 1. The van der Waals surface area contributed by atoms with Crippen molar-refractivity contribution in [1.82, 2.24) is 4.90 Å². The minimum atomic E-state index is -0.728. The molecule has 0 spiro atoms. The molecule has 1 N–H and O–H groups in total. The number of nitro groups is 1. The van der Waals surface area contributed by atoms with Crippen LogP contribution in [-0.2, 0) is 9.47 Å². The Morgan fingerprint density at radius 2 is 2.22 bits per heavy atom. The number of carbonyl (C=O) groups excluding carboxylic acids is 1. The molecule has 1 aliphatic heterocycles. The number of hydrogen-bond acceptors (Lipinski definition) is 6. The first kappa shape index (κ1) is 20.8. The third-order valence-corrected chi connectivity index (χ3v) is 3.86. The fourth-order valence-corrected chi connectivity index (χ4v) is 2.59.